The molecule has 2 aliphatic rings. The van der Waals surface area contributed by atoms with E-state index in [0.29, 0.717) is 35.4 Å². The SMILES string of the molecule is COc1ccc2c(c1)CC[C@H]([C@]1(O)C(=O)Nc3ccc(Br)cc31)C2=O. The fourth-order valence-electron chi connectivity index (χ4n) is 3.79. The van der Waals surface area contributed by atoms with Crippen molar-refractivity contribution in [1.82, 2.24) is 0 Å². The monoisotopic (exact) mass is 401 g/mol. The topological polar surface area (TPSA) is 75.6 Å². The Labute approximate surface area is 153 Å². The van der Waals surface area contributed by atoms with Gasteiger partial charge in [-0.3, -0.25) is 9.59 Å². The summed E-state index contributed by atoms with van der Waals surface area (Å²) in [5, 5.41) is 14.0. The fourth-order valence-corrected chi connectivity index (χ4v) is 4.15. The summed E-state index contributed by atoms with van der Waals surface area (Å²) in [4.78, 5) is 25.6. The Bertz CT molecular complexity index is 910. The van der Waals surface area contributed by atoms with Crippen LogP contribution in [0.3, 0.4) is 0 Å². The molecule has 25 heavy (non-hydrogen) atoms. The molecule has 128 valence electrons. The third kappa shape index (κ3) is 2.32. The lowest BCUT2D eigenvalue weighted by Gasteiger charge is -2.33. The lowest BCUT2D eigenvalue weighted by Crippen LogP contribution is -2.47. The number of ketones is 1. The quantitative estimate of drug-likeness (QED) is 0.810. The number of fused-ring (bicyclic) bond motifs is 2. The van der Waals surface area contributed by atoms with Gasteiger partial charge in [0.1, 0.15) is 5.75 Å². The number of benzene rings is 2. The number of anilines is 1. The maximum atomic E-state index is 13.1. The molecule has 4 rings (SSSR count). The molecule has 0 unspecified atom stereocenters. The molecule has 1 aliphatic carbocycles. The number of carbonyl (C=O) groups excluding carboxylic acids is 2. The summed E-state index contributed by atoms with van der Waals surface area (Å²) < 4.78 is 5.95. The molecule has 2 N–H and O–H groups in total. The van der Waals surface area contributed by atoms with Gasteiger partial charge in [-0.15, -0.1) is 0 Å². The van der Waals surface area contributed by atoms with E-state index in [1.165, 1.54) is 0 Å². The van der Waals surface area contributed by atoms with Crippen LogP contribution in [-0.2, 0) is 16.8 Å². The zero-order chi connectivity index (χ0) is 17.8. The average Bonchev–Trinajstić information content (AvgIpc) is 2.86. The Kier molecular flexibility index (Phi) is 3.70. The highest BCUT2D eigenvalue weighted by atomic mass is 79.9. The molecule has 0 saturated heterocycles. The molecular formula is C19H16BrNO4. The highest BCUT2D eigenvalue weighted by molar-refractivity contribution is 9.10. The smallest absolute Gasteiger partial charge is 0.261 e. The summed E-state index contributed by atoms with van der Waals surface area (Å²) in [6.07, 6.45) is 0.997. The van der Waals surface area contributed by atoms with Crippen molar-refractivity contribution in [2.75, 3.05) is 12.4 Å². The van der Waals surface area contributed by atoms with Crippen molar-refractivity contribution in [2.45, 2.75) is 18.4 Å². The molecule has 2 atom stereocenters. The first kappa shape index (κ1) is 16.3. The standard InChI is InChI=1S/C19H16BrNO4/c1-25-12-4-5-13-10(8-12)2-6-14(17(13)22)19(24)15-9-11(20)3-7-16(15)21-18(19)23/h3-5,7-9,14,24H,2,6H2,1H3,(H,21,23)/t14-,19+/m0/s1. The van der Waals surface area contributed by atoms with E-state index in [1.807, 2.05) is 6.07 Å². The number of hydrogen-bond acceptors (Lipinski definition) is 4. The molecule has 0 aromatic heterocycles. The van der Waals surface area contributed by atoms with E-state index in [2.05, 4.69) is 21.2 Å². The van der Waals surface area contributed by atoms with E-state index < -0.39 is 17.4 Å². The van der Waals surface area contributed by atoms with Gasteiger partial charge in [-0.1, -0.05) is 15.9 Å². The maximum absolute atomic E-state index is 13.1. The number of hydrogen-bond donors (Lipinski definition) is 2. The van der Waals surface area contributed by atoms with Crippen molar-refractivity contribution in [3.8, 4) is 5.75 Å². The van der Waals surface area contributed by atoms with Crippen LogP contribution in [0.1, 0.15) is 27.9 Å². The second kappa shape index (κ2) is 5.68. The van der Waals surface area contributed by atoms with Crippen LogP contribution < -0.4 is 10.1 Å². The summed E-state index contributed by atoms with van der Waals surface area (Å²) in [6.45, 7) is 0. The Morgan fingerprint density at radius 3 is 2.80 bits per heavy atom. The van der Waals surface area contributed by atoms with E-state index in [4.69, 9.17) is 4.74 Å². The van der Waals surface area contributed by atoms with Crippen molar-refractivity contribution >= 4 is 33.3 Å². The average molecular weight is 402 g/mol. The van der Waals surface area contributed by atoms with Crippen molar-refractivity contribution in [2.24, 2.45) is 5.92 Å². The van der Waals surface area contributed by atoms with Gasteiger partial charge in [-0.2, -0.15) is 0 Å². The van der Waals surface area contributed by atoms with E-state index in [0.717, 1.165) is 10.0 Å². The van der Waals surface area contributed by atoms with Gasteiger partial charge in [0.2, 0.25) is 0 Å². The van der Waals surface area contributed by atoms with Gasteiger partial charge < -0.3 is 15.2 Å². The van der Waals surface area contributed by atoms with Gasteiger partial charge in [-0.05, 0) is 54.8 Å². The first-order chi connectivity index (χ1) is 11.9. The molecule has 0 bridgehead atoms. The molecule has 2 aromatic rings. The number of aliphatic hydroxyl groups is 1. The third-order valence-electron chi connectivity index (χ3n) is 5.09. The molecule has 1 amide bonds. The summed E-state index contributed by atoms with van der Waals surface area (Å²) in [5.74, 6) is -0.883. The Balaban J connectivity index is 1.79. The van der Waals surface area contributed by atoms with Gasteiger partial charge in [0, 0.05) is 21.3 Å². The minimum absolute atomic E-state index is 0.214. The zero-order valence-corrected chi connectivity index (χ0v) is 15.1. The highest BCUT2D eigenvalue weighted by Crippen LogP contribution is 2.46. The number of amides is 1. The zero-order valence-electron chi connectivity index (χ0n) is 13.5. The van der Waals surface area contributed by atoms with E-state index >= 15 is 0 Å². The van der Waals surface area contributed by atoms with Gasteiger partial charge in [0.15, 0.2) is 11.4 Å². The van der Waals surface area contributed by atoms with Crippen molar-refractivity contribution in [3.05, 3.63) is 57.6 Å². The van der Waals surface area contributed by atoms with Gasteiger partial charge in [0.05, 0.1) is 13.0 Å². The second-order valence-electron chi connectivity index (χ2n) is 6.39. The van der Waals surface area contributed by atoms with Crippen molar-refractivity contribution in [1.29, 1.82) is 0 Å². The highest BCUT2D eigenvalue weighted by Gasteiger charge is 2.54. The number of carbonyl (C=O) groups is 2. The lowest BCUT2D eigenvalue weighted by molar-refractivity contribution is -0.138. The molecule has 6 heteroatoms. The lowest BCUT2D eigenvalue weighted by atomic mass is 9.71. The van der Waals surface area contributed by atoms with E-state index in [9.17, 15) is 14.7 Å². The summed E-state index contributed by atoms with van der Waals surface area (Å²) in [5.41, 5.74) is 0.568. The third-order valence-corrected chi connectivity index (χ3v) is 5.58. The summed E-state index contributed by atoms with van der Waals surface area (Å²) in [7, 11) is 1.58. The van der Waals surface area contributed by atoms with Gasteiger partial charge >= 0.3 is 0 Å². The number of Topliss-reactive ketones (excluding diaryl/α,β-unsaturated/α-hetero) is 1. The fraction of sp³-hybridized carbons (Fsp3) is 0.263. The molecule has 0 saturated carbocycles. The number of rotatable bonds is 2. The van der Waals surface area contributed by atoms with Crippen LogP contribution in [0, 0.1) is 5.92 Å². The van der Waals surface area contributed by atoms with Crippen LogP contribution in [0.5, 0.6) is 5.75 Å². The first-order valence-electron chi connectivity index (χ1n) is 8.00. The number of ether oxygens (including phenoxy) is 1. The predicted molar refractivity (Wildman–Crippen MR) is 95.8 cm³/mol. The van der Waals surface area contributed by atoms with Crippen molar-refractivity contribution < 1.29 is 19.4 Å². The van der Waals surface area contributed by atoms with Gasteiger partial charge in [0.25, 0.3) is 5.91 Å². The van der Waals surface area contributed by atoms with E-state index in [-0.39, 0.29) is 5.78 Å². The Morgan fingerprint density at radius 1 is 1.24 bits per heavy atom. The normalized spacial score (nSPS) is 24.5. The van der Waals surface area contributed by atoms with Crippen LogP contribution in [-0.4, -0.2) is 23.9 Å². The molecule has 1 aliphatic heterocycles. The van der Waals surface area contributed by atoms with Crippen LogP contribution >= 0.6 is 15.9 Å². The number of aryl methyl sites for hydroxylation is 1. The summed E-state index contributed by atoms with van der Waals surface area (Å²) in [6, 6.07) is 10.5. The first-order valence-corrected chi connectivity index (χ1v) is 8.79. The molecule has 1 heterocycles. The summed E-state index contributed by atoms with van der Waals surface area (Å²) >= 11 is 3.37. The Hall–Kier alpha value is -2.18. The van der Waals surface area contributed by atoms with Crippen LogP contribution in [0.4, 0.5) is 5.69 Å². The molecule has 0 fully saturated rings. The minimum Gasteiger partial charge on any atom is -0.497 e. The molecule has 5 nitrogen and oxygen atoms in total. The maximum Gasteiger partial charge on any atom is 0.261 e. The predicted octanol–water partition coefficient (Wildman–Crippen LogP) is 3.04. The minimum atomic E-state index is -1.85. The molecule has 0 radical (unpaired) electrons. The number of methoxy groups -OCH3 is 1. The number of halogens is 1. The van der Waals surface area contributed by atoms with Crippen LogP contribution in [0.15, 0.2) is 40.9 Å². The number of nitrogens with one attached hydrogen (secondary N) is 1. The molecule has 0 spiro atoms. The molecular weight excluding hydrogens is 386 g/mol. The Morgan fingerprint density at radius 2 is 2.04 bits per heavy atom. The van der Waals surface area contributed by atoms with Crippen LogP contribution in [0.2, 0.25) is 0 Å². The van der Waals surface area contributed by atoms with Gasteiger partial charge in [-0.25, -0.2) is 0 Å². The van der Waals surface area contributed by atoms with Crippen molar-refractivity contribution in [3.63, 3.8) is 0 Å². The molecule has 2 aromatic carbocycles. The van der Waals surface area contributed by atoms with Crippen LogP contribution in [0.25, 0.3) is 0 Å². The largest absolute Gasteiger partial charge is 0.497 e. The van der Waals surface area contributed by atoms with E-state index in [1.54, 1.807) is 37.4 Å². The second-order valence-corrected chi connectivity index (χ2v) is 7.30.